The molecule has 3 aliphatic rings. The minimum absolute atomic E-state index is 0.122. The van der Waals surface area contributed by atoms with Gasteiger partial charge >= 0.3 is 6.09 Å². The average molecular weight is 582 g/mol. The van der Waals surface area contributed by atoms with E-state index in [2.05, 4.69) is 38.9 Å². The minimum atomic E-state index is -1.12. The van der Waals surface area contributed by atoms with Crippen LogP contribution < -0.4 is 20.9 Å². The van der Waals surface area contributed by atoms with Crippen LogP contribution in [0.3, 0.4) is 0 Å². The van der Waals surface area contributed by atoms with Crippen LogP contribution in [0.1, 0.15) is 60.5 Å². The zero-order valence-electron chi connectivity index (χ0n) is 25.7. The summed E-state index contributed by atoms with van der Waals surface area (Å²) in [6.45, 7) is 16.8. The minimum Gasteiger partial charge on any atom is -0.444 e. The van der Waals surface area contributed by atoms with Gasteiger partial charge in [0.2, 0.25) is 17.8 Å². The number of rotatable bonds is 5. The third-order valence-electron chi connectivity index (χ3n) is 8.12. The maximum Gasteiger partial charge on any atom is 0.408 e. The van der Waals surface area contributed by atoms with Crippen LogP contribution in [0.5, 0.6) is 0 Å². The second kappa shape index (κ2) is 10.8. The highest BCUT2D eigenvalue weighted by Gasteiger charge is 2.47. The van der Waals surface area contributed by atoms with Crippen molar-refractivity contribution in [3.8, 4) is 11.3 Å². The molecule has 2 amide bonds. The van der Waals surface area contributed by atoms with E-state index in [1.165, 1.54) is 0 Å². The summed E-state index contributed by atoms with van der Waals surface area (Å²) in [6.07, 6.45) is 4.31. The zero-order chi connectivity index (χ0) is 30.4. The van der Waals surface area contributed by atoms with Gasteiger partial charge in [0, 0.05) is 49.7 Å². The van der Waals surface area contributed by atoms with Gasteiger partial charge in [-0.2, -0.15) is 4.98 Å². The molecule has 13 heteroatoms. The molecule has 3 aliphatic heterocycles. The molecule has 2 aromatic heterocycles. The van der Waals surface area contributed by atoms with Crippen molar-refractivity contribution in [3.63, 3.8) is 0 Å². The van der Waals surface area contributed by atoms with Crippen molar-refractivity contribution >= 4 is 29.7 Å². The molecule has 2 fully saturated rings. The molecule has 13 nitrogen and oxygen atoms in total. The summed E-state index contributed by atoms with van der Waals surface area (Å²) in [7, 11) is 0. The van der Waals surface area contributed by atoms with Crippen molar-refractivity contribution in [2.75, 3.05) is 54.9 Å². The highest BCUT2D eigenvalue weighted by Crippen LogP contribution is 2.42. The largest absolute Gasteiger partial charge is 0.444 e. The maximum atomic E-state index is 13.6. The number of fused-ring (bicyclic) bond motifs is 1. The summed E-state index contributed by atoms with van der Waals surface area (Å²) in [5.41, 5.74) is 6.26. The number of nitrogen functional groups attached to an aromatic ring is 1. The molecular formula is C29H43N9O4. The Morgan fingerprint density at radius 1 is 1.12 bits per heavy atom. The molecule has 42 heavy (non-hydrogen) atoms. The molecule has 0 saturated carbocycles. The number of nitrogens with zero attached hydrogens (tertiary/aromatic N) is 7. The van der Waals surface area contributed by atoms with E-state index in [4.69, 9.17) is 25.2 Å². The normalized spacial score (nSPS) is 22.7. The first-order valence-corrected chi connectivity index (χ1v) is 14.6. The number of morpholine rings is 1. The van der Waals surface area contributed by atoms with E-state index in [9.17, 15) is 9.59 Å². The molecule has 0 unspecified atom stereocenters. The van der Waals surface area contributed by atoms with Crippen molar-refractivity contribution in [1.82, 2.24) is 30.2 Å². The van der Waals surface area contributed by atoms with Crippen molar-refractivity contribution in [1.29, 1.82) is 0 Å². The summed E-state index contributed by atoms with van der Waals surface area (Å²) in [4.78, 5) is 51.0. The highest BCUT2D eigenvalue weighted by atomic mass is 16.6. The number of nitrogens with one attached hydrogen (secondary N) is 1. The molecule has 2 atom stereocenters. The number of carbonyl (C=O) groups excluding carboxylic acids is 2. The fourth-order valence-electron chi connectivity index (χ4n) is 5.97. The van der Waals surface area contributed by atoms with Crippen LogP contribution in [0, 0.1) is 0 Å². The lowest BCUT2D eigenvalue weighted by Crippen LogP contribution is -2.57. The van der Waals surface area contributed by atoms with Crippen molar-refractivity contribution in [2.24, 2.45) is 0 Å². The van der Waals surface area contributed by atoms with Crippen molar-refractivity contribution in [3.05, 3.63) is 18.0 Å². The van der Waals surface area contributed by atoms with Gasteiger partial charge in [-0.05, 0) is 61.3 Å². The van der Waals surface area contributed by atoms with Gasteiger partial charge in [0.1, 0.15) is 17.0 Å². The molecule has 2 aromatic rings. The summed E-state index contributed by atoms with van der Waals surface area (Å²) < 4.78 is 11.1. The van der Waals surface area contributed by atoms with Crippen LogP contribution in [0.15, 0.2) is 12.4 Å². The molecule has 3 N–H and O–H groups in total. The molecule has 0 aliphatic carbocycles. The lowest BCUT2D eigenvalue weighted by atomic mass is 9.99. The topological polar surface area (TPSA) is 152 Å². The van der Waals surface area contributed by atoms with Crippen LogP contribution in [0.4, 0.5) is 22.5 Å². The molecular weight excluding hydrogens is 538 g/mol. The Bertz CT molecular complexity index is 1340. The van der Waals surface area contributed by atoms with Crippen LogP contribution in [0.2, 0.25) is 0 Å². The van der Waals surface area contributed by atoms with E-state index in [1.807, 2.05) is 4.90 Å². The van der Waals surface area contributed by atoms with Gasteiger partial charge in [-0.1, -0.05) is 0 Å². The van der Waals surface area contributed by atoms with E-state index in [0.29, 0.717) is 38.8 Å². The summed E-state index contributed by atoms with van der Waals surface area (Å²) in [6, 6.07) is 0.122. The molecule has 5 heterocycles. The number of aromatic nitrogens is 4. The lowest BCUT2D eigenvalue weighted by molar-refractivity contribution is -0.136. The van der Waals surface area contributed by atoms with Gasteiger partial charge in [-0.3, -0.25) is 4.79 Å². The first kappa shape index (κ1) is 29.7. The quantitative estimate of drug-likeness (QED) is 0.535. The first-order chi connectivity index (χ1) is 19.7. The second-order valence-electron chi connectivity index (χ2n) is 13.2. The van der Waals surface area contributed by atoms with E-state index in [1.54, 1.807) is 47.0 Å². The second-order valence-corrected chi connectivity index (χ2v) is 13.2. The van der Waals surface area contributed by atoms with Crippen molar-refractivity contribution in [2.45, 2.75) is 84.0 Å². The van der Waals surface area contributed by atoms with Gasteiger partial charge in [-0.15, -0.1) is 0 Å². The fraction of sp³-hybridized carbons (Fsp3) is 0.655. The maximum absolute atomic E-state index is 13.6. The summed E-state index contributed by atoms with van der Waals surface area (Å²) in [5.74, 6) is 1.57. The third kappa shape index (κ3) is 5.92. The van der Waals surface area contributed by atoms with Crippen LogP contribution >= 0.6 is 0 Å². The smallest absolute Gasteiger partial charge is 0.408 e. The van der Waals surface area contributed by atoms with Crippen LogP contribution in [0.25, 0.3) is 11.3 Å². The van der Waals surface area contributed by atoms with Gasteiger partial charge in [0.25, 0.3) is 0 Å². The number of ether oxygens (including phenoxy) is 2. The molecule has 0 spiro atoms. The zero-order valence-corrected chi connectivity index (χ0v) is 25.7. The number of alkyl carbamates (subject to hydrolysis) is 1. The number of nitrogens with two attached hydrogens (primary N) is 1. The predicted molar refractivity (Wildman–Crippen MR) is 159 cm³/mol. The van der Waals surface area contributed by atoms with Crippen LogP contribution in [-0.4, -0.2) is 98.9 Å². The predicted octanol–water partition coefficient (Wildman–Crippen LogP) is 2.40. The van der Waals surface area contributed by atoms with Gasteiger partial charge in [0.05, 0.1) is 30.5 Å². The Labute approximate surface area is 247 Å². The highest BCUT2D eigenvalue weighted by molar-refractivity contribution is 5.89. The van der Waals surface area contributed by atoms with Gasteiger partial charge < -0.3 is 35.2 Å². The molecule has 228 valence electrons. The molecule has 2 saturated heterocycles. The number of hydrogen-bond acceptors (Lipinski definition) is 11. The monoisotopic (exact) mass is 581 g/mol. The lowest BCUT2D eigenvalue weighted by Gasteiger charge is -2.38. The summed E-state index contributed by atoms with van der Waals surface area (Å²) in [5, 5.41) is 2.76. The van der Waals surface area contributed by atoms with E-state index < -0.39 is 17.2 Å². The number of carbonyl (C=O) groups is 2. The van der Waals surface area contributed by atoms with E-state index in [-0.39, 0.29) is 23.4 Å². The number of anilines is 3. The average Bonchev–Trinajstić information content (AvgIpc) is 3.52. The Morgan fingerprint density at radius 2 is 1.83 bits per heavy atom. The summed E-state index contributed by atoms with van der Waals surface area (Å²) >= 11 is 0. The fourth-order valence-corrected chi connectivity index (χ4v) is 5.97. The number of likely N-dealkylation sites (tertiary alicyclic amines) is 1. The third-order valence-corrected chi connectivity index (χ3v) is 8.12. The van der Waals surface area contributed by atoms with Crippen LogP contribution in [-0.2, 0) is 20.7 Å². The van der Waals surface area contributed by atoms with Gasteiger partial charge in [0.15, 0.2) is 0 Å². The number of hydrogen-bond donors (Lipinski definition) is 2. The molecule has 5 rings (SSSR count). The first-order valence-electron chi connectivity index (χ1n) is 14.6. The van der Waals surface area contributed by atoms with Crippen molar-refractivity contribution < 1.29 is 19.1 Å². The van der Waals surface area contributed by atoms with E-state index in [0.717, 1.165) is 42.0 Å². The number of amides is 2. The van der Waals surface area contributed by atoms with E-state index >= 15 is 0 Å². The Morgan fingerprint density at radius 3 is 2.50 bits per heavy atom. The Balaban J connectivity index is 1.43. The molecule has 0 radical (unpaired) electrons. The SMILES string of the molecule is C[C@H]1COCCN1c1nc(-c2cnc(N)nc2)c2c(n1)N([C@@]1(C)CCN(C(=O)C(C)(C)NC(=O)OC(C)(C)C)C1)CC2. The van der Waals surface area contributed by atoms with Gasteiger partial charge in [-0.25, -0.2) is 19.7 Å². The molecule has 0 aromatic carbocycles. The standard InChI is InChI=1S/C29H43N9O4/c1-18-16-41-13-12-37(18)25-33-21(19-14-31-24(30)32-15-19)20-8-10-38(22(20)34-25)29(7)9-11-36(17-29)23(39)28(5,6)35-26(40)42-27(2,3)4/h14-15,18H,8-13,16-17H2,1-7H3,(H,35,40)(H2,30,31,32)/t18-,29-/m0/s1. The molecule has 0 bridgehead atoms. The Hall–Kier alpha value is -3.74. The Kier molecular flexibility index (Phi) is 7.67.